The van der Waals surface area contributed by atoms with Gasteiger partial charge in [-0.15, -0.1) is 0 Å². The van der Waals surface area contributed by atoms with E-state index in [4.69, 9.17) is 5.11 Å². The van der Waals surface area contributed by atoms with Crippen LogP contribution in [0.4, 0.5) is 14.9 Å². The Kier molecular flexibility index (Phi) is 4.17. The minimum Gasteiger partial charge on any atom is -0.478 e. The molecule has 0 bridgehead atoms. The number of carbonyl (C=O) groups is 2. The first-order valence-corrected chi connectivity index (χ1v) is 6.01. The highest BCUT2D eigenvalue weighted by Gasteiger charge is 2.11. The maximum Gasteiger partial charge on any atom is 0.335 e. The monoisotopic (exact) mass is 292 g/mol. The highest BCUT2D eigenvalue weighted by Crippen LogP contribution is 2.16. The molecule has 8 heteroatoms. The number of hydrogen-bond donors (Lipinski definition) is 3. The number of aromatic carboxylic acids is 1. The summed E-state index contributed by atoms with van der Waals surface area (Å²) < 4.78 is 15.2. The van der Waals surface area contributed by atoms with Gasteiger partial charge in [-0.3, -0.25) is 0 Å². The second-order valence-corrected chi connectivity index (χ2v) is 4.26. The summed E-state index contributed by atoms with van der Waals surface area (Å²) in [4.78, 5) is 26.5. The van der Waals surface area contributed by atoms with Gasteiger partial charge < -0.3 is 20.3 Å². The lowest BCUT2D eigenvalue weighted by atomic mass is 10.2. The molecule has 1 heterocycles. The second-order valence-electron chi connectivity index (χ2n) is 4.26. The van der Waals surface area contributed by atoms with Crippen LogP contribution in [-0.4, -0.2) is 26.7 Å². The van der Waals surface area contributed by atoms with Gasteiger partial charge in [-0.25, -0.2) is 19.0 Å². The number of carbonyl (C=O) groups excluding carboxylic acids is 1. The third-order valence-electron chi connectivity index (χ3n) is 2.79. The van der Waals surface area contributed by atoms with Crippen LogP contribution < -0.4 is 10.6 Å². The quantitative estimate of drug-likeness (QED) is 0.797. The number of imidazole rings is 1. The summed E-state index contributed by atoms with van der Waals surface area (Å²) in [5.41, 5.74) is -0.317. The van der Waals surface area contributed by atoms with Crippen LogP contribution in [0.1, 0.15) is 16.2 Å². The van der Waals surface area contributed by atoms with Crippen molar-refractivity contribution in [3.63, 3.8) is 0 Å². The zero-order chi connectivity index (χ0) is 15.4. The van der Waals surface area contributed by atoms with Crippen molar-refractivity contribution in [3.05, 3.63) is 47.8 Å². The van der Waals surface area contributed by atoms with E-state index in [1.165, 1.54) is 0 Å². The first-order chi connectivity index (χ1) is 9.97. The van der Waals surface area contributed by atoms with Gasteiger partial charge in [-0.1, -0.05) is 0 Å². The number of carboxylic acids is 1. The van der Waals surface area contributed by atoms with Gasteiger partial charge in [0.2, 0.25) is 0 Å². The van der Waals surface area contributed by atoms with Crippen molar-refractivity contribution in [3.8, 4) is 0 Å². The fourth-order valence-electron chi connectivity index (χ4n) is 1.65. The summed E-state index contributed by atoms with van der Waals surface area (Å²) >= 11 is 0. The minimum absolute atomic E-state index is 0.115. The molecule has 0 spiro atoms. The average molecular weight is 292 g/mol. The lowest BCUT2D eigenvalue weighted by Crippen LogP contribution is -2.29. The summed E-state index contributed by atoms with van der Waals surface area (Å²) in [7, 11) is 1.78. The molecular weight excluding hydrogens is 279 g/mol. The molecule has 0 aliphatic carbocycles. The van der Waals surface area contributed by atoms with Crippen molar-refractivity contribution >= 4 is 17.7 Å². The van der Waals surface area contributed by atoms with Crippen LogP contribution in [0.3, 0.4) is 0 Å². The van der Waals surface area contributed by atoms with Gasteiger partial charge in [0.15, 0.2) is 0 Å². The Morgan fingerprint density at radius 1 is 1.43 bits per heavy atom. The van der Waals surface area contributed by atoms with Crippen molar-refractivity contribution in [2.45, 2.75) is 6.54 Å². The molecule has 110 valence electrons. The van der Waals surface area contributed by atoms with Gasteiger partial charge in [-0.2, -0.15) is 0 Å². The Bertz CT molecular complexity index is 684. The van der Waals surface area contributed by atoms with Crippen molar-refractivity contribution in [1.29, 1.82) is 0 Å². The molecule has 3 N–H and O–H groups in total. The standard InChI is InChI=1S/C13H13FN4O3/c1-18-5-4-15-11(18)7-16-13(21)17-10-6-8(12(19)20)2-3-9(10)14/h2-6H,7H2,1H3,(H,19,20)(H2,16,17,21). The molecular formula is C13H13FN4O3. The molecule has 2 aromatic rings. The van der Waals surface area contributed by atoms with Gasteiger partial charge in [0, 0.05) is 19.4 Å². The molecule has 21 heavy (non-hydrogen) atoms. The Morgan fingerprint density at radius 3 is 2.81 bits per heavy atom. The molecule has 0 fully saturated rings. The Labute approximate surface area is 119 Å². The molecule has 2 rings (SSSR count). The van der Waals surface area contributed by atoms with Crippen LogP contribution in [0.25, 0.3) is 0 Å². The molecule has 2 amide bonds. The average Bonchev–Trinajstić information content (AvgIpc) is 2.84. The van der Waals surface area contributed by atoms with Crippen molar-refractivity contribution in [1.82, 2.24) is 14.9 Å². The largest absolute Gasteiger partial charge is 0.478 e. The molecule has 0 unspecified atom stereocenters. The van der Waals surface area contributed by atoms with Gasteiger partial charge in [0.1, 0.15) is 11.6 Å². The van der Waals surface area contributed by atoms with Crippen LogP contribution in [0, 0.1) is 5.82 Å². The topological polar surface area (TPSA) is 96.3 Å². The van der Waals surface area contributed by atoms with Gasteiger partial charge in [-0.05, 0) is 18.2 Å². The van der Waals surface area contributed by atoms with E-state index in [2.05, 4.69) is 15.6 Å². The summed E-state index contributed by atoms with van der Waals surface area (Å²) in [6, 6.07) is 2.50. The van der Waals surface area contributed by atoms with Gasteiger partial charge in [0.05, 0.1) is 17.8 Å². The zero-order valence-corrected chi connectivity index (χ0v) is 11.1. The fraction of sp³-hybridized carbons (Fsp3) is 0.154. The number of benzene rings is 1. The zero-order valence-electron chi connectivity index (χ0n) is 11.1. The number of nitrogens with zero attached hydrogens (tertiary/aromatic N) is 2. The number of amides is 2. The van der Waals surface area contributed by atoms with E-state index in [1.54, 1.807) is 24.0 Å². The molecule has 1 aromatic carbocycles. The Hall–Kier alpha value is -2.90. The summed E-state index contributed by atoms with van der Waals surface area (Å²) in [6.45, 7) is 0.162. The van der Waals surface area contributed by atoms with E-state index < -0.39 is 17.8 Å². The summed E-state index contributed by atoms with van der Waals surface area (Å²) in [6.07, 6.45) is 3.32. The first-order valence-electron chi connectivity index (χ1n) is 6.01. The van der Waals surface area contributed by atoms with Crippen LogP contribution in [0.5, 0.6) is 0 Å². The number of anilines is 1. The predicted octanol–water partition coefficient (Wildman–Crippen LogP) is 1.58. The number of aryl methyl sites for hydroxylation is 1. The molecule has 0 aliphatic heterocycles. The van der Waals surface area contributed by atoms with E-state index >= 15 is 0 Å². The highest BCUT2D eigenvalue weighted by molar-refractivity contribution is 5.93. The number of rotatable bonds is 4. The summed E-state index contributed by atoms with van der Waals surface area (Å²) in [5, 5.41) is 13.6. The Morgan fingerprint density at radius 2 is 2.19 bits per heavy atom. The highest BCUT2D eigenvalue weighted by atomic mass is 19.1. The normalized spacial score (nSPS) is 10.2. The van der Waals surface area contributed by atoms with Crippen molar-refractivity contribution in [2.75, 3.05) is 5.32 Å². The molecule has 0 aliphatic rings. The van der Waals surface area contributed by atoms with E-state index in [-0.39, 0.29) is 17.8 Å². The predicted molar refractivity (Wildman–Crippen MR) is 72.4 cm³/mol. The smallest absolute Gasteiger partial charge is 0.335 e. The first kappa shape index (κ1) is 14.5. The van der Waals surface area contributed by atoms with E-state index in [9.17, 15) is 14.0 Å². The molecule has 1 aromatic heterocycles. The van der Waals surface area contributed by atoms with Gasteiger partial charge >= 0.3 is 12.0 Å². The fourth-order valence-corrected chi connectivity index (χ4v) is 1.65. The van der Waals surface area contributed by atoms with Gasteiger partial charge in [0.25, 0.3) is 0 Å². The third-order valence-corrected chi connectivity index (χ3v) is 2.79. The maximum absolute atomic E-state index is 13.5. The van der Waals surface area contributed by atoms with E-state index in [0.717, 1.165) is 18.2 Å². The van der Waals surface area contributed by atoms with Crippen LogP contribution in [-0.2, 0) is 13.6 Å². The van der Waals surface area contributed by atoms with Crippen molar-refractivity contribution in [2.24, 2.45) is 7.05 Å². The Balaban J connectivity index is 2.01. The number of carboxylic acid groups (broad SMARTS) is 1. The molecule has 0 atom stereocenters. The van der Waals surface area contributed by atoms with E-state index in [1.807, 2.05) is 0 Å². The number of aromatic nitrogens is 2. The molecule has 7 nitrogen and oxygen atoms in total. The van der Waals surface area contributed by atoms with Crippen molar-refractivity contribution < 1.29 is 19.1 Å². The lowest BCUT2D eigenvalue weighted by molar-refractivity contribution is 0.0697. The van der Waals surface area contributed by atoms with E-state index in [0.29, 0.717) is 5.82 Å². The number of hydrogen-bond acceptors (Lipinski definition) is 3. The molecule has 0 saturated carbocycles. The number of halogens is 1. The van der Waals surface area contributed by atoms with Crippen LogP contribution in [0.15, 0.2) is 30.6 Å². The van der Waals surface area contributed by atoms with Crippen LogP contribution in [0.2, 0.25) is 0 Å². The molecule has 0 radical (unpaired) electrons. The minimum atomic E-state index is -1.20. The number of nitrogens with one attached hydrogen (secondary N) is 2. The number of urea groups is 1. The summed E-state index contributed by atoms with van der Waals surface area (Å²) in [5.74, 6) is -1.29. The SMILES string of the molecule is Cn1ccnc1CNC(=O)Nc1cc(C(=O)O)ccc1F. The maximum atomic E-state index is 13.5. The lowest BCUT2D eigenvalue weighted by Gasteiger charge is -2.09. The third kappa shape index (κ3) is 3.56. The molecule has 0 saturated heterocycles. The second kappa shape index (κ2) is 6.04. The van der Waals surface area contributed by atoms with Crippen LogP contribution >= 0.6 is 0 Å².